The molecule has 24 heavy (non-hydrogen) atoms. The Hall–Kier alpha value is -2.24. The largest absolute Gasteiger partial charge is 0.491 e. The molecule has 1 unspecified atom stereocenters. The molecule has 2 aromatic rings. The Kier molecular flexibility index (Phi) is 6.46. The van der Waals surface area contributed by atoms with Crippen LogP contribution in [0.15, 0.2) is 48.5 Å². The summed E-state index contributed by atoms with van der Waals surface area (Å²) >= 11 is 0. The lowest BCUT2D eigenvalue weighted by Crippen LogP contribution is -2.32. The number of ketones is 1. The zero-order valence-corrected chi connectivity index (χ0v) is 13.9. The molecular formula is C19H22FNO3. The van der Waals surface area contributed by atoms with Crippen LogP contribution in [0.1, 0.15) is 22.8 Å². The lowest BCUT2D eigenvalue weighted by atomic mass is 10.1. The molecule has 1 N–H and O–H groups in total. The SMILES string of the molecule is CC(=O)c1ccc(OCC(O)CN(C)Cc2ccccc2)cc1F. The molecule has 4 nitrogen and oxygen atoms in total. The fourth-order valence-electron chi connectivity index (χ4n) is 2.44. The second-order valence-electron chi connectivity index (χ2n) is 5.85. The number of benzene rings is 2. The van der Waals surface area contributed by atoms with E-state index in [4.69, 9.17) is 4.74 Å². The molecule has 2 rings (SSSR count). The summed E-state index contributed by atoms with van der Waals surface area (Å²) in [6.07, 6.45) is -0.700. The summed E-state index contributed by atoms with van der Waals surface area (Å²) in [5.41, 5.74) is 1.19. The van der Waals surface area contributed by atoms with Gasteiger partial charge in [-0.25, -0.2) is 4.39 Å². The summed E-state index contributed by atoms with van der Waals surface area (Å²) < 4.78 is 19.1. The third-order valence-corrected chi connectivity index (χ3v) is 3.58. The van der Waals surface area contributed by atoms with Gasteiger partial charge in [0.2, 0.25) is 0 Å². The standard InChI is InChI=1S/C19H22FNO3/c1-14(22)18-9-8-17(10-19(18)20)24-13-16(23)12-21(2)11-15-6-4-3-5-7-15/h3-10,16,23H,11-13H2,1-2H3. The van der Waals surface area contributed by atoms with Gasteiger partial charge in [0.25, 0.3) is 0 Å². The number of aliphatic hydroxyl groups is 1. The number of ether oxygens (including phenoxy) is 1. The maximum Gasteiger partial charge on any atom is 0.162 e. The van der Waals surface area contributed by atoms with Crippen molar-refractivity contribution >= 4 is 5.78 Å². The van der Waals surface area contributed by atoms with Gasteiger partial charge in [0, 0.05) is 19.2 Å². The molecule has 0 bridgehead atoms. The fraction of sp³-hybridized carbons (Fsp3) is 0.316. The Morgan fingerprint density at radius 3 is 2.58 bits per heavy atom. The molecule has 0 aliphatic rings. The number of likely N-dealkylation sites (N-methyl/N-ethyl adjacent to an activating group) is 1. The Balaban J connectivity index is 1.81. The van der Waals surface area contributed by atoms with Gasteiger partial charge in [-0.05, 0) is 31.7 Å². The van der Waals surface area contributed by atoms with Crippen LogP contribution in [-0.2, 0) is 6.54 Å². The maximum absolute atomic E-state index is 13.7. The number of carbonyl (C=O) groups excluding carboxylic acids is 1. The Morgan fingerprint density at radius 2 is 1.96 bits per heavy atom. The Bertz CT molecular complexity index is 676. The molecule has 0 amide bonds. The smallest absolute Gasteiger partial charge is 0.162 e. The van der Waals surface area contributed by atoms with Gasteiger partial charge in [-0.1, -0.05) is 30.3 Å². The van der Waals surface area contributed by atoms with E-state index < -0.39 is 11.9 Å². The molecule has 0 fully saturated rings. The monoisotopic (exact) mass is 331 g/mol. The molecule has 0 saturated heterocycles. The Labute approximate surface area is 141 Å². The number of rotatable bonds is 8. The third-order valence-electron chi connectivity index (χ3n) is 3.58. The minimum Gasteiger partial charge on any atom is -0.491 e. The van der Waals surface area contributed by atoms with E-state index in [-0.39, 0.29) is 18.0 Å². The van der Waals surface area contributed by atoms with Gasteiger partial charge in [0.05, 0.1) is 5.56 Å². The summed E-state index contributed by atoms with van der Waals surface area (Å²) in [5.74, 6) is -0.653. The van der Waals surface area contributed by atoms with Gasteiger partial charge in [-0.2, -0.15) is 0 Å². The molecule has 0 saturated carbocycles. The van der Waals surface area contributed by atoms with Crippen molar-refractivity contribution < 1.29 is 19.0 Å². The lowest BCUT2D eigenvalue weighted by Gasteiger charge is -2.21. The van der Waals surface area contributed by atoms with Crippen LogP contribution in [-0.4, -0.2) is 42.1 Å². The number of Topliss-reactive ketones (excluding diaryl/α,β-unsaturated/α-hetero) is 1. The molecule has 128 valence electrons. The molecule has 5 heteroatoms. The van der Waals surface area contributed by atoms with E-state index in [1.807, 2.05) is 42.3 Å². The molecular weight excluding hydrogens is 309 g/mol. The van der Waals surface area contributed by atoms with Crippen molar-refractivity contribution in [2.45, 2.75) is 19.6 Å². The molecule has 2 aromatic carbocycles. The van der Waals surface area contributed by atoms with Crippen LogP contribution in [0.4, 0.5) is 4.39 Å². The first-order valence-electron chi connectivity index (χ1n) is 7.79. The molecule has 0 aliphatic heterocycles. The van der Waals surface area contributed by atoms with Gasteiger partial charge < -0.3 is 9.84 Å². The summed E-state index contributed by atoms with van der Waals surface area (Å²) in [7, 11) is 1.91. The third kappa shape index (κ3) is 5.44. The summed E-state index contributed by atoms with van der Waals surface area (Å²) in [4.78, 5) is 13.2. The fourth-order valence-corrected chi connectivity index (χ4v) is 2.44. The van der Waals surface area contributed by atoms with E-state index >= 15 is 0 Å². The number of carbonyl (C=O) groups is 1. The van der Waals surface area contributed by atoms with Crippen molar-refractivity contribution in [1.82, 2.24) is 4.90 Å². The molecule has 0 heterocycles. The highest BCUT2D eigenvalue weighted by Crippen LogP contribution is 2.17. The van der Waals surface area contributed by atoms with Crippen molar-refractivity contribution in [1.29, 1.82) is 0 Å². The second-order valence-corrected chi connectivity index (χ2v) is 5.85. The average molecular weight is 331 g/mol. The van der Waals surface area contributed by atoms with E-state index in [1.54, 1.807) is 0 Å². The topological polar surface area (TPSA) is 49.8 Å². The predicted molar refractivity (Wildman–Crippen MR) is 90.7 cm³/mol. The van der Waals surface area contributed by atoms with Gasteiger partial charge >= 0.3 is 0 Å². The van der Waals surface area contributed by atoms with Crippen molar-refractivity contribution in [2.24, 2.45) is 0 Å². The van der Waals surface area contributed by atoms with Crippen LogP contribution in [0.3, 0.4) is 0 Å². The highest BCUT2D eigenvalue weighted by molar-refractivity contribution is 5.94. The van der Waals surface area contributed by atoms with E-state index in [1.165, 1.54) is 19.1 Å². The minimum absolute atomic E-state index is 0.0329. The van der Waals surface area contributed by atoms with Crippen molar-refractivity contribution in [2.75, 3.05) is 20.2 Å². The average Bonchev–Trinajstić information content (AvgIpc) is 2.53. The van der Waals surface area contributed by atoms with Crippen LogP contribution < -0.4 is 4.74 Å². The van der Waals surface area contributed by atoms with E-state index in [2.05, 4.69) is 0 Å². The first-order chi connectivity index (χ1) is 11.5. The number of hydrogen-bond acceptors (Lipinski definition) is 4. The maximum atomic E-state index is 13.7. The van der Waals surface area contributed by atoms with Gasteiger partial charge in [0.15, 0.2) is 5.78 Å². The number of nitrogens with zero attached hydrogens (tertiary/aromatic N) is 1. The van der Waals surface area contributed by atoms with E-state index in [0.29, 0.717) is 12.3 Å². The number of halogens is 1. The van der Waals surface area contributed by atoms with Gasteiger partial charge in [-0.3, -0.25) is 9.69 Å². The predicted octanol–water partition coefficient (Wildman–Crippen LogP) is 2.90. The molecule has 1 atom stereocenters. The summed E-state index contributed by atoms with van der Waals surface area (Å²) in [6, 6.07) is 14.0. The quantitative estimate of drug-likeness (QED) is 0.756. The van der Waals surface area contributed by atoms with Crippen molar-refractivity contribution in [3.05, 3.63) is 65.5 Å². The highest BCUT2D eigenvalue weighted by atomic mass is 19.1. The highest BCUT2D eigenvalue weighted by Gasteiger charge is 2.12. The van der Waals surface area contributed by atoms with Crippen LogP contribution >= 0.6 is 0 Å². The van der Waals surface area contributed by atoms with Crippen LogP contribution in [0, 0.1) is 5.82 Å². The van der Waals surface area contributed by atoms with Crippen LogP contribution in [0.25, 0.3) is 0 Å². The zero-order valence-electron chi connectivity index (χ0n) is 13.9. The molecule has 0 aliphatic carbocycles. The first kappa shape index (κ1) is 18.1. The first-order valence-corrected chi connectivity index (χ1v) is 7.79. The van der Waals surface area contributed by atoms with Crippen molar-refractivity contribution in [3.8, 4) is 5.75 Å². The molecule has 0 aromatic heterocycles. The second kappa shape index (κ2) is 8.57. The van der Waals surface area contributed by atoms with E-state index in [0.717, 1.165) is 18.2 Å². The van der Waals surface area contributed by atoms with Crippen LogP contribution in [0.2, 0.25) is 0 Å². The Morgan fingerprint density at radius 1 is 1.25 bits per heavy atom. The normalized spacial score (nSPS) is 12.2. The van der Waals surface area contributed by atoms with E-state index in [9.17, 15) is 14.3 Å². The minimum atomic E-state index is -0.700. The lowest BCUT2D eigenvalue weighted by molar-refractivity contribution is 0.0742. The number of hydrogen-bond donors (Lipinski definition) is 1. The van der Waals surface area contributed by atoms with Crippen LogP contribution in [0.5, 0.6) is 5.75 Å². The molecule has 0 spiro atoms. The summed E-state index contributed by atoms with van der Waals surface area (Å²) in [6.45, 7) is 2.52. The molecule has 0 radical (unpaired) electrons. The number of aliphatic hydroxyl groups excluding tert-OH is 1. The zero-order chi connectivity index (χ0) is 17.5. The summed E-state index contributed by atoms with van der Waals surface area (Å²) in [5, 5.41) is 10.1. The van der Waals surface area contributed by atoms with Gasteiger partial charge in [-0.15, -0.1) is 0 Å². The van der Waals surface area contributed by atoms with Gasteiger partial charge in [0.1, 0.15) is 24.3 Å². The van der Waals surface area contributed by atoms with Crippen molar-refractivity contribution in [3.63, 3.8) is 0 Å².